The monoisotopic (exact) mass is 311 g/mol. The van der Waals surface area contributed by atoms with Crippen LogP contribution >= 0.6 is 15.9 Å². The predicted octanol–water partition coefficient (Wildman–Crippen LogP) is 5.28. The highest BCUT2D eigenvalue weighted by Gasteiger charge is 2.07. The smallest absolute Gasteiger partial charge is 0.0712 e. The molecule has 3 aromatic rings. The first-order chi connectivity index (χ1) is 9.13. The molecule has 19 heavy (non-hydrogen) atoms. The molecule has 0 saturated carbocycles. The number of fused-ring (bicyclic) bond motifs is 1. The van der Waals surface area contributed by atoms with E-state index in [1.54, 1.807) is 0 Å². The molecule has 94 valence electrons. The minimum Gasteiger partial charge on any atom is -0.253 e. The largest absolute Gasteiger partial charge is 0.253 e. The maximum absolute atomic E-state index is 4.60. The molecular weight excluding hydrogens is 298 g/mol. The van der Waals surface area contributed by atoms with E-state index in [1.807, 2.05) is 13.0 Å². The third-order valence-corrected chi connectivity index (χ3v) is 3.72. The molecule has 3 rings (SSSR count). The fourth-order valence-corrected chi connectivity index (χ4v) is 2.74. The van der Waals surface area contributed by atoms with Crippen LogP contribution in [0.2, 0.25) is 0 Å². The summed E-state index contributed by atoms with van der Waals surface area (Å²) in [5.41, 5.74) is 5.85. The topological polar surface area (TPSA) is 12.9 Å². The lowest BCUT2D eigenvalue weighted by atomic mass is 9.99. The van der Waals surface area contributed by atoms with Crippen molar-refractivity contribution in [2.75, 3.05) is 0 Å². The van der Waals surface area contributed by atoms with E-state index in [1.165, 1.54) is 22.1 Å². The lowest BCUT2D eigenvalue weighted by molar-refractivity contribution is 1.25. The summed E-state index contributed by atoms with van der Waals surface area (Å²) in [6.07, 6.45) is 0. The van der Waals surface area contributed by atoms with E-state index >= 15 is 0 Å². The fourth-order valence-electron chi connectivity index (χ4n) is 2.38. The zero-order valence-corrected chi connectivity index (χ0v) is 12.5. The van der Waals surface area contributed by atoms with Crippen molar-refractivity contribution in [2.45, 2.75) is 13.8 Å². The molecule has 2 heteroatoms. The van der Waals surface area contributed by atoms with Crippen molar-refractivity contribution in [3.63, 3.8) is 0 Å². The third-order valence-electron chi connectivity index (χ3n) is 3.23. The van der Waals surface area contributed by atoms with Gasteiger partial charge in [0.15, 0.2) is 0 Å². The Balaban J connectivity index is 2.36. The Labute approximate surface area is 121 Å². The van der Waals surface area contributed by atoms with Crippen molar-refractivity contribution in [1.82, 2.24) is 4.98 Å². The SMILES string of the molecule is Cc1cccc(-c2cc(C)nc3ccc(Br)cc23)c1. The minimum atomic E-state index is 1.04. The number of aryl methyl sites for hydroxylation is 2. The van der Waals surface area contributed by atoms with Gasteiger partial charge in [0.2, 0.25) is 0 Å². The summed E-state index contributed by atoms with van der Waals surface area (Å²) in [6, 6.07) is 17.0. The zero-order valence-electron chi connectivity index (χ0n) is 10.9. The second-order valence-corrected chi connectivity index (χ2v) is 5.76. The maximum Gasteiger partial charge on any atom is 0.0712 e. The number of aromatic nitrogens is 1. The number of rotatable bonds is 1. The van der Waals surface area contributed by atoms with E-state index < -0.39 is 0 Å². The Morgan fingerprint density at radius 1 is 0.947 bits per heavy atom. The van der Waals surface area contributed by atoms with Crippen LogP contribution in [0.25, 0.3) is 22.0 Å². The summed E-state index contributed by atoms with van der Waals surface area (Å²) in [5, 5.41) is 1.19. The number of hydrogen-bond donors (Lipinski definition) is 0. The average molecular weight is 312 g/mol. The molecule has 0 amide bonds. The summed E-state index contributed by atoms with van der Waals surface area (Å²) in [6.45, 7) is 4.16. The van der Waals surface area contributed by atoms with Crippen molar-refractivity contribution in [1.29, 1.82) is 0 Å². The highest BCUT2D eigenvalue weighted by atomic mass is 79.9. The molecule has 0 bridgehead atoms. The molecule has 1 heterocycles. The Bertz CT molecular complexity index is 762. The van der Waals surface area contributed by atoms with Gasteiger partial charge in [0, 0.05) is 15.6 Å². The second-order valence-electron chi connectivity index (χ2n) is 4.84. The predicted molar refractivity (Wildman–Crippen MR) is 84.4 cm³/mol. The Hall–Kier alpha value is -1.67. The van der Waals surface area contributed by atoms with Crippen LogP contribution in [0.1, 0.15) is 11.3 Å². The molecule has 0 atom stereocenters. The van der Waals surface area contributed by atoms with E-state index in [4.69, 9.17) is 0 Å². The molecule has 0 N–H and O–H groups in total. The van der Waals surface area contributed by atoms with Gasteiger partial charge in [0.05, 0.1) is 5.52 Å². The number of hydrogen-bond acceptors (Lipinski definition) is 1. The van der Waals surface area contributed by atoms with Gasteiger partial charge < -0.3 is 0 Å². The Morgan fingerprint density at radius 2 is 1.79 bits per heavy atom. The normalized spacial score (nSPS) is 10.9. The second kappa shape index (κ2) is 4.78. The fraction of sp³-hybridized carbons (Fsp3) is 0.118. The molecule has 0 spiro atoms. The average Bonchev–Trinajstić information content (AvgIpc) is 2.38. The quantitative estimate of drug-likeness (QED) is 0.595. The Morgan fingerprint density at radius 3 is 2.58 bits per heavy atom. The summed E-state index contributed by atoms with van der Waals surface area (Å²) in [5.74, 6) is 0. The van der Waals surface area contributed by atoms with Gasteiger partial charge >= 0.3 is 0 Å². The summed E-state index contributed by atoms with van der Waals surface area (Å²) in [4.78, 5) is 4.60. The van der Waals surface area contributed by atoms with Crippen molar-refractivity contribution in [3.8, 4) is 11.1 Å². The molecule has 0 aliphatic carbocycles. The van der Waals surface area contributed by atoms with Crippen LogP contribution in [-0.4, -0.2) is 4.98 Å². The number of halogens is 1. The standard InChI is InChI=1S/C17H14BrN/c1-11-4-3-5-13(8-11)15-9-12(2)19-17-7-6-14(18)10-16(15)17/h3-10H,1-2H3. The van der Waals surface area contributed by atoms with Gasteiger partial charge in [0.25, 0.3) is 0 Å². The van der Waals surface area contributed by atoms with E-state index in [0.29, 0.717) is 0 Å². The maximum atomic E-state index is 4.60. The van der Waals surface area contributed by atoms with E-state index in [9.17, 15) is 0 Å². The molecule has 1 aromatic heterocycles. The third kappa shape index (κ3) is 2.41. The molecular formula is C17H14BrN. The van der Waals surface area contributed by atoms with E-state index in [0.717, 1.165) is 15.7 Å². The van der Waals surface area contributed by atoms with Crippen LogP contribution < -0.4 is 0 Å². The molecule has 1 nitrogen and oxygen atoms in total. The summed E-state index contributed by atoms with van der Waals surface area (Å²) >= 11 is 3.54. The molecule has 0 radical (unpaired) electrons. The van der Waals surface area contributed by atoms with Gasteiger partial charge in [-0.05, 0) is 49.2 Å². The first kappa shape index (κ1) is 12.4. The lowest BCUT2D eigenvalue weighted by Gasteiger charge is -2.09. The lowest BCUT2D eigenvalue weighted by Crippen LogP contribution is -1.89. The number of pyridine rings is 1. The molecule has 0 aliphatic rings. The summed E-state index contributed by atoms with van der Waals surface area (Å²) < 4.78 is 1.08. The van der Waals surface area contributed by atoms with Gasteiger partial charge in [-0.3, -0.25) is 4.98 Å². The number of nitrogens with zero attached hydrogens (tertiary/aromatic N) is 1. The Kier molecular flexibility index (Phi) is 3.11. The molecule has 0 saturated heterocycles. The van der Waals surface area contributed by atoms with Crippen LogP contribution in [-0.2, 0) is 0 Å². The first-order valence-electron chi connectivity index (χ1n) is 6.27. The highest BCUT2D eigenvalue weighted by Crippen LogP contribution is 2.30. The van der Waals surface area contributed by atoms with Crippen LogP contribution in [0, 0.1) is 13.8 Å². The van der Waals surface area contributed by atoms with Gasteiger partial charge in [-0.25, -0.2) is 0 Å². The zero-order chi connectivity index (χ0) is 13.4. The highest BCUT2D eigenvalue weighted by molar-refractivity contribution is 9.10. The number of benzene rings is 2. The summed E-state index contributed by atoms with van der Waals surface area (Å²) in [7, 11) is 0. The van der Waals surface area contributed by atoms with Crippen LogP contribution in [0.15, 0.2) is 53.0 Å². The van der Waals surface area contributed by atoms with E-state index in [-0.39, 0.29) is 0 Å². The van der Waals surface area contributed by atoms with Crippen LogP contribution in [0.3, 0.4) is 0 Å². The van der Waals surface area contributed by atoms with Crippen LogP contribution in [0.5, 0.6) is 0 Å². The van der Waals surface area contributed by atoms with Gasteiger partial charge in [-0.1, -0.05) is 45.8 Å². The van der Waals surface area contributed by atoms with Crippen molar-refractivity contribution >= 4 is 26.8 Å². The minimum absolute atomic E-state index is 1.04. The van der Waals surface area contributed by atoms with Crippen molar-refractivity contribution < 1.29 is 0 Å². The molecule has 0 aliphatic heterocycles. The molecule has 0 unspecified atom stereocenters. The molecule has 0 fully saturated rings. The van der Waals surface area contributed by atoms with Gasteiger partial charge in [-0.15, -0.1) is 0 Å². The van der Waals surface area contributed by atoms with Gasteiger partial charge in [0.1, 0.15) is 0 Å². The van der Waals surface area contributed by atoms with Crippen molar-refractivity contribution in [2.24, 2.45) is 0 Å². The van der Waals surface area contributed by atoms with Crippen LogP contribution in [0.4, 0.5) is 0 Å². The van der Waals surface area contributed by atoms with Gasteiger partial charge in [-0.2, -0.15) is 0 Å². The first-order valence-corrected chi connectivity index (χ1v) is 7.07. The molecule has 2 aromatic carbocycles. The van der Waals surface area contributed by atoms with E-state index in [2.05, 4.69) is 70.3 Å². The van der Waals surface area contributed by atoms with Crippen molar-refractivity contribution in [3.05, 3.63) is 64.3 Å².